The highest BCUT2D eigenvalue weighted by Gasteiger charge is 2.29. The summed E-state index contributed by atoms with van der Waals surface area (Å²) < 4.78 is 41.5. The first kappa shape index (κ1) is 17.2. The fraction of sp³-hybridized carbons (Fsp3) is 0.154. The van der Waals surface area contributed by atoms with E-state index in [2.05, 4.69) is 10.5 Å². The van der Waals surface area contributed by atoms with E-state index in [1.807, 2.05) is 0 Å². The minimum absolute atomic E-state index is 0.339. The van der Waals surface area contributed by atoms with E-state index in [9.17, 15) is 27.6 Å². The molecule has 0 aliphatic rings. The maximum Gasteiger partial charge on any atom is 0.416 e. The molecule has 0 aromatic heterocycles. The number of rotatable bonds is 4. The second-order valence-electron chi connectivity index (χ2n) is 3.97. The van der Waals surface area contributed by atoms with Crippen molar-refractivity contribution in [3.63, 3.8) is 0 Å². The molecule has 0 aliphatic heterocycles. The van der Waals surface area contributed by atoms with Crippen molar-refractivity contribution < 1.29 is 32.3 Å². The lowest BCUT2D eigenvalue weighted by Gasteiger charge is -2.05. The minimum Gasteiger partial charge on any atom is -0.452 e. The van der Waals surface area contributed by atoms with Gasteiger partial charge in [0.1, 0.15) is 0 Å². The van der Waals surface area contributed by atoms with Gasteiger partial charge >= 0.3 is 18.2 Å². The van der Waals surface area contributed by atoms with Crippen molar-refractivity contribution in [3.05, 3.63) is 41.5 Å². The van der Waals surface area contributed by atoms with Crippen LogP contribution >= 0.6 is 0 Å². The number of nitrogens with two attached hydrogens (primary N) is 1. The molecule has 9 heteroatoms. The lowest BCUT2D eigenvalue weighted by molar-refractivity contribution is -0.143. The summed E-state index contributed by atoms with van der Waals surface area (Å²) in [6.07, 6.45) is -2.29. The third kappa shape index (κ3) is 6.07. The van der Waals surface area contributed by atoms with Crippen LogP contribution in [-0.4, -0.2) is 24.5 Å². The number of hydrogen-bond donors (Lipinski definition) is 2. The summed E-state index contributed by atoms with van der Waals surface area (Å²) in [7, 11) is 0. The molecule has 0 bridgehead atoms. The van der Waals surface area contributed by atoms with Gasteiger partial charge in [-0.1, -0.05) is 12.1 Å². The van der Waals surface area contributed by atoms with Gasteiger partial charge in [-0.15, -0.1) is 0 Å². The van der Waals surface area contributed by atoms with E-state index in [1.54, 1.807) is 5.32 Å². The number of ether oxygens (including phenoxy) is 1. The van der Waals surface area contributed by atoms with Crippen molar-refractivity contribution in [2.75, 3.05) is 6.61 Å². The van der Waals surface area contributed by atoms with E-state index < -0.39 is 36.3 Å². The molecule has 6 nitrogen and oxygen atoms in total. The number of amides is 3. The number of carbonyl (C=O) groups is 3. The van der Waals surface area contributed by atoms with Crippen molar-refractivity contribution >= 4 is 24.0 Å². The molecule has 1 rings (SSSR count). The van der Waals surface area contributed by atoms with Gasteiger partial charge in [-0.25, -0.2) is 9.59 Å². The first-order valence-electron chi connectivity index (χ1n) is 5.80. The topological polar surface area (TPSA) is 98.5 Å². The van der Waals surface area contributed by atoms with E-state index in [0.29, 0.717) is 5.56 Å². The summed E-state index contributed by atoms with van der Waals surface area (Å²) in [6, 6.07) is 3.00. The molecule has 0 saturated heterocycles. The number of primary amides is 1. The van der Waals surface area contributed by atoms with Crippen LogP contribution in [0.3, 0.4) is 0 Å². The van der Waals surface area contributed by atoms with Crippen molar-refractivity contribution in [1.29, 1.82) is 0 Å². The second-order valence-corrected chi connectivity index (χ2v) is 3.97. The molecule has 22 heavy (non-hydrogen) atoms. The predicted octanol–water partition coefficient (Wildman–Crippen LogP) is 1.46. The fourth-order valence-corrected chi connectivity index (χ4v) is 1.31. The van der Waals surface area contributed by atoms with Gasteiger partial charge in [0.2, 0.25) is 0 Å². The predicted molar refractivity (Wildman–Crippen MR) is 69.2 cm³/mol. The van der Waals surface area contributed by atoms with Gasteiger partial charge in [0.05, 0.1) is 5.56 Å². The normalized spacial score (nSPS) is 11.2. The quantitative estimate of drug-likeness (QED) is 0.649. The van der Waals surface area contributed by atoms with Crippen molar-refractivity contribution in [1.82, 2.24) is 5.32 Å². The monoisotopic (exact) mass is 316 g/mol. The van der Waals surface area contributed by atoms with E-state index in [1.165, 1.54) is 18.2 Å². The average Bonchev–Trinajstić information content (AvgIpc) is 2.41. The van der Waals surface area contributed by atoms with Gasteiger partial charge in [0.15, 0.2) is 6.61 Å². The number of nitrogens with one attached hydrogen (secondary N) is 1. The number of imide groups is 1. The van der Waals surface area contributed by atoms with Crippen molar-refractivity contribution in [3.8, 4) is 0 Å². The van der Waals surface area contributed by atoms with Gasteiger partial charge in [-0.3, -0.25) is 10.1 Å². The van der Waals surface area contributed by atoms with Crippen LogP contribution in [0.4, 0.5) is 18.0 Å². The zero-order valence-corrected chi connectivity index (χ0v) is 11.0. The summed E-state index contributed by atoms with van der Waals surface area (Å²) in [5.41, 5.74) is 4.20. The first-order valence-corrected chi connectivity index (χ1v) is 5.80. The molecule has 1 aromatic carbocycles. The lowest BCUT2D eigenvalue weighted by Crippen LogP contribution is -2.37. The third-order valence-corrected chi connectivity index (χ3v) is 2.26. The SMILES string of the molecule is NC(=O)NC(=O)COC(=O)/C=C/c1ccc(C(F)(F)F)cc1. The summed E-state index contributed by atoms with van der Waals surface area (Å²) in [5.74, 6) is -1.80. The molecule has 0 atom stereocenters. The Labute approximate surface area is 122 Å². The Morgan fingerprint density at radius 1 is 1.18 bits per heavy atom. The van der Waals surface area contributed by atoms with Crippen LogP contribution in [0.5, 0.6) is 0 Å². The molecule has 0 saturated carbocycles. The van der Waals surface area contributed by atoms with Crippen molar-refractivity contribution in [2.45, 2.75) is 6.18 Å². The van der Waals surface area contributed by atoms with Crippen LogP contribution in [0, 0.1) is 0 Å². The molecular formula is C13H11F3N2O4. The Morgan fingerprint density at radius 3 is 2.27 bits per heavy atom. The van der Waals surface area contributed by atoms with E-state index in [0.717, 1.165) is 18.2 Å². The zero-order valence-electron chi connectivity index (χ0n) is 11.0. The number of esters is 1. The molecule has 3 amide bonds. The fourth-order valence-electron chi connectivity index (χ4n) is 1.31. The highest BCUT2D eigenvalue weighted by Crippen LogP contribution is 2.29. The van der Waals surface area contributed by atoms with E-state index in [-0.39, 0.29) is 0 Å². The number of alkyl halides is 3. The molecule has 1 aromatic rings. The molecular weight excluding hydrogens is 305 g/mol. The first-order chi connectivity index (χ1) is 10.2. The minimum atomic E-state index is -4.44. The Kier molecular flexibility index (Phi) is 5.67. The standard InChI is InChI=1S/C13H11F3N2O4/c14-13(15,16)9-4-1-8(2-5-9)3-6-11(20)22-7-10(19)18-12(17)21/h1-6H,7H2,(H3,17,18,19,21)/b6-3+. The van der Waals surface area contributed by atoms with Crippen LogP contribution < -0.4 is 11.1 Å². The second kappa shape index (κ2) is 7.25. The summed E-state index contributed by atoms with van der Waals surface area (Å²) in [4.78, 5) is 32.5. The summed E-state index contributed by atoms with van der Waals surface area (Å²) in [5, 5.41) is 1.68. The smallest absolute Gasteiger partial charge is 0.416 e. The molecule has 3 N–H and O–H groups in total. The number of carbonyl (C=O) groups excluding carboxylic acids is 3. The average molecular weight is 316 g/mol. The third-order valence-electron chi connectivity index (χ3n) is 2.26. The molecule has 0 heterocycles. The van der Waals surface area contributed by atoms with Crippen LogP contribution in [0.1, 0.15) is 11.1 Å². The number of benzene rings is 1. The molecule has 118 valence electrons. The number of urea groups is 1. The van der Waals surface area contributed by atoms with Gasteiger partial charge in [-0.05, 0) is 23.8 Å². The van der Waals surface area contributed by atoms with Crippen LogP contribution in [0.2, 0.25) is 0 Å². The van der Waals surface area contributed by atoms with E-state index >= 15 is 0 Å². The van der Waals surface area contributed by atoms with Gasteiger partial charge in [0.25, 0.3) is 5.91 Å². The highest BCUT2D eigenvalue weighted by molar-refractivity contribution is 5.95. The molecule has 0 unspecified atom stereocenters. The molecule has 0 aliphatic carbocycles. The van der Waals surface area contributed by atoms with Crippen molar-refractivity contribution in [2.24, 2.45) is 5.73 Å². The van der Waals surface area contributed by atoms with Gasteiger partial charge in [-0.2, -0.15) is 13.2 Å². The lowest BCUT2D eigenvalue weighted by atomic mass is 10.1. The number of halogens is 3. The van der Waals surface area contributed by atoms with Crippen LogP contribution in [0.15, 0.2) is 30.3 Å². The van der Waals surface area contributed by atoms with E-state index in [4.69, 9.17) is 0 Å². The maximum atomic E-state index is 12.3. The Bertz CT molecular complexity index is 594. The molecule has 0 fully saturated rings. The number of hydrogen-bond acceptors (Lipinski definition) is 4. The maximum absolute atomic E-state index is 12.3. The zero-order chi connectivity index (χ0) is 16.8. The Balaban J connectivity index is 2.52. The molecule has 0 spiro atoms. The highest BCUT2D eigenvalue weighted by atomic mass is 19.4. The molecule has 0 radical (unpaired) electrons. The van der Waals surface area contributed by atoms with Gasteiger partial charge in [0, 0.05) is 6.08 Å². The van der Waals surface area contributed by atoms with Crippen LogP contribution in [0.25, 0.3) is 6.08 Å². The largest absolute Gasteiger partial charge is 0.452 e. The Morgan fingerprint density at radius 2 is 1.77 bits per heavy atom. The Hall–Kier alpha value is -2.84. The van der Waals surface area contributed by atoms with Gasteiger partial charge < -0.3 is 10.5 Å². The summed E-state index contributed by atoms with van der Waals surface area (Å²) in [6.45, 7) is -0.709. The van der Waals surface area contributed by atoms with Crippen LogP contribution in [-0.2, 0) is 20.5 Å². The summed E-state index contributed by atoms with van der Waals surface area (Å²) >= 11 is 0.